The van der Waals surface area contributed by atoms with E-state index in [4.69, 9.17) is 0 Å². The zero-order valence-electron chi connectivity index (χ0n) is 10.1. The molecular weight excluding hydrogens is 184 g/mol. The van der Waals surface area contributed by atoms with Crippen LogP contribution in [0, 0.1) is 11.3 Å². The number of hydrogen-bond acceptors (Lipinski definition) is 1. The van der Waals surface area contributed by atoms with Crippen LogP contribution in [0.3, 0.4) is 0 Å². The molecule has 1 aliphatic rings. The van der Waals surface area contributed by atoms with E-state index < -0.39 is 0 Å². The predicted molar refractivity (Wildman–Crippen MR) is 62.7 cm³/mol. The molecule has 0 amide bonds. The Morgan fingerprint density at radius 2 is 1.87 bits per heavy atom. The van der Waals surface area contributed by atoms with E-state index in [1.165, 1.54) is 31.5 Å². The molecule has 84 valence electrons. The summed E-state index contributed by atoms with van der Waals surface area (Å²) in [5, 5.41) is 0. The van der Waals surface area contributed by atoms with Crippen molar-refractivity contribution in [3.8, 4) is 0 Å². The van der Waals surface area contributed by atoms with Gasteiger partial charge in [0.2, 0.25) is 0 Å². The number of nitrogens with zero attached hydrogens (tertiary/aromatic N) is 1. The second-order valence-electron chi connectivity index (χ2n) is 5.89. The summed E-state index contributed by atoms with van der Waals surface area (Å²) in [6, 6.07) is 0. The van der Waals surface area contributed by atoms with Crippen LogP contribution in [0.4, 0.5) is 0 Å². The van der Waals surface area contributed by atoms with Gasteiger partial charge in [0.15, 0.2) is 0 Å². The number of rotatable bonds is 1. The average molecular weight is 206 g/mol. The van der Waals surface area contributed by atoms with Crippen LogP contribution >= 0.6 is 0 Å². The minimum Gasteiger partial charge on any atom is -0.348 e. The van der Waals surface area contributed by atoms with Crippen molar-refractivity contribution in [2.45, 2.75) is 52.4 Å². The molecule has 0 atom stereocenters. The van der Waals surface area contributed by atoms with E-state index in [-0.39, 0.29) is 0 Å². The first kappa shape index (κ1) is 10.7. The summed E-state index contributed by atoms with van der Waals surface area (Å²) in [6.45, 7) is 7.10. The zero-order chi connectivity index (χ0) is 10.9. The topological polar surface area (TPSA) is 28.7 Å². The lowest BCUT2D eigenvalue weighted by Gasteiger charge is -2.36. The third-order valence-corrected chi connectivity index (χ3v) is 3.86. The first-order chi connectivity index (χ1) is 7.07. The number of H-pyrrole nitrogens is 1. The van der Waals surface area contributed by atoms with Gasteiger partial charge in [-0.3, -0.25) is 0 Å². The third kappa shape index (κ3) is 2.42. The summed E-state index contributed by atoms with van der Waals surface area (Å²) < 4.78 is 0. The smallest absolute Gasteiger partial charge is 0.109 e. The highest BCUT2D eigenvalue weighted by Gasteiger charge is 2.30. The molecule has 1 aromatic heterocycles. The summed E-state index contributed by atoms with van der Waals surface area (Å²) in [5.41, 5.74) is 0.480. The van der Waals surface area contributed by atoms with Gasteiger partial charge in [0.05, 0.1) is 0 Å². The molecule has 2 heteroatoms. The van der Waals surface area contributed by atoms with Gasteiger partial charge in [-0.25, -0.2) is 4.98 Å². The van der Waals surface area contributed by atoms with Crippen molar-refractivity contribution in [2.24, 2.45) is 11.3 Å². The molecule has 1 fully saturated rings. The van der Waals surface area contributed by atoms with E-state index in [1.54, 1.807) is 0 Å². The lowest BCUT2D eigenvalue weighted by Crippen LogP contribution is -2.25. The maximum atomic E-state index is 4.37. The molecule has 2 nitrogen and oxygen atoms in total. The number of aromatic nitrogens is 2. The van der Waals surface area contributed by atoms with Gasteiger partial charge in [-0.2, -0.15) is 0 Å². The summed E-state index contributed by atoms with van der Waals surface area (Å²) in [6.07, 6.45) is 9.12. The van der Waals surface area contributed by atoms with Gasteiger partial charge in [-0.1, -0.05) is 20.8 Å². The summed E-state index contributed by atoms with van der Waals surface area (Å²) in [7, 11) is 0. The van der Waals surface area contributed by atoms with Crippen molar-refractivity contribution in [1.82, 2.24) is 9.97 Å². The predicted octanol–water partition coefficient (Wildman–Crippen LogP) is 3.73. The lowest BCUT2D eigenvalue weighted by atomic mass is 9.70. The standard InChI is InChI=1S/C13H22N2/c1-13(2,3)11-6-4-10(5-7-11)12-14-8-9-15-12/h8-11H,4-7H2,1-3H3,(H,14,15). The van der Waals surface area contributed by atoms with Crippen molar-refractivity contribution in [2.75, 3.05) is 0 Å². The van der Waals surface area contributed by atoms with E-state index >= 15 is 0 Å². The Bertz CT molecular complexity index is 287. The number of hydrogen-bond donors (Lipinski definition) is 1. The van der Waals surface area contributed by atoms with Crippen LogP contribution in [0.15, 0.2) is 12.4 Å². The monoisotopic (exact) mass is 206 g/mol. The van der Waals surface area contributed by atoms with Crippen LogP contribution in [-0.4, -0.2) is 9.97 Å². The number of imidazole rings is 1. The van der Waals surface area contributed by atoms with E-state index in [2.05, 4.69) is 30.7 Å². The fourth-order valence-corrected chi connectivity index (χ4v) is 2.73. The van der Waals surface area contributed by atoms with Crippen molar-refractivity contribution in [3.63, 3.8) is 0 Å². The third-order valence-electron chi connectivity index (χ3n) is 3.86. The van der Waals surface area contributed by atoms with Crippen LogP contribution in [0.2, 0.25) is 0 Å². The Balaban J connectivity index is 1.93. The van der Waals surface area contributed by atoms with Crippen molar-refractivity contribution in [1.29, 1.82) is 0 Å². The van der Waals surface area contributed by atoms with Crippen LogP contribution < -0.4 is 0 Å². The van der Waals surface area contributed by atoms with Crippen molar-refractivity contribution in [3.05, 3.63) is 18.2 Å². The molecule has 1 aliphatic carbocycles. The van der Waals surface area contributed by atoms with Gasteiger partial charge in [0.25, 0.3) is 0 Å². The fraction of sp³-hybridized carbons (Fsp3) is 0.769. The highest BCUT2D eigenvalue weighted by atomic mass is 14.9. The second kappa shape index (κ2) is 3.99. The maximum Gasteiger partial charge on any atom is 0.109 e. The Kier molecular flexibility index (Phi) is 2.85. The Morgan fingerprint density at radius 3 is 2.33 bits per heavy atom. The molecule has 1 heterocycles. The van der Waals surface area contributed by atoms with Gasteiger partial charge in [-0.15, -0.1) is 0 Å². The van der Waals surface area contributed by atoms with Crippen LogP contribution in [0.5, 0.6) is 0 Å². The molecule has 0 spiro atoms. The quantitative estimate of drug-likeness (QED) is 0.745. The van der Waals surface area contributed by atoms with Gasteiger partial charge in [-0.05, 0) is 37.0 Å². The van der Waals surface area contributed by atoms with Crippen LogP contribution in [0.1, 0.15) is 58.2 Å². The molecule has 1 N–H and O–H groups in total. The van der Waals surface area contributed by atoms with Crippen molar-refractivity contribution < 1.29 is 0 Å². The number of aromatic amines is 1. The summed E-state index contributed by atoms with van der Waals surface area (Å²) in [4.78, 5) is 7.62. The van der Waals surface area contributed by atoms with E-state index in [0.717, 1.165) is 5.92 Å². The molecular formula is C13H22N2. The molecule has 0 aromatic carbocycles. The molecule has 1 saturated carbocycles. The molecule has 0 bridgehead atoms. The number of nitrogens with one attached hydrogen (secondary N) is 1. The highest BCUT2D eigenvalue weighted by molar-refractivity contribution is 4.99. The lowest BCUT2D eigenvalue weighted by molar-refractivity contribution is 0.167. The highest BCUT2D eigenvalue weighted by Crippen LogP contribution is 2.42. The molecule has 0 radical (unpaired) electrons. The van der Waals surface area contributed by atoms with Crippen molar-refractivity contribution >= 4 is 0 Å². The SMILES string of the molecule is CC(C)(C)C1CCC(c2ncc[nH]2)CC1. The normalized spacial score (nSPS) is 27.9. The van der Waals surface area contributed by atoms with E-state index in [9.17, 15) is 0 Å². The van der Waals surface area contributed by atoms with E-state index in [1.807, 2.05) is 12.4 Å². The molecule has 0 aliphatic heterocycles. The van der Waals surface area contributed by atoms with Crippen LogP contribution in [0.25, 0.3) is 0 Å². The van der Waals surface area contributed by atoms with Crippen LogP contribution in [-0.2, 0) is 0 Å². The fourth-order valence-electron chi connectivity index (χ4n) is 2.73. The minimum atomic E-state index is 0.480. The Morgan fingerprint density at radius 1 is 1.20 bits per heavy atom. The van der Waals surface area contributed by atoms with Gasteiger partial charge in [0.1, 0.15) is 5.82 Å². The Labute approximate surface area is 92.5 Å². The molecule has 0 unspecified atom stereocenters. The summed E-state index contributed by atoms with van der Waals surface area (Å²) >= 11 is 0. The minimum absolute atomic E-state index is 0.480. The average Bonchev–Trinajstić information content (AvgIpc) is 2.69. The first-order valence-corrected chi connectivity index (χ1v) is 6.06. The maximum absolute atomic E-state index is 4.37. The zero-order valence-corrected chi connectivity index (χ0v) is 10.1. The molecule has 0 saturated heterocycles. The van der Waals surface area contributed by atoms with Gasteiger partial charge < -0.3 is 4.98 Å². The summed E-state index contributed by atoms with van der Waals surface area (Å²) in [5.74, 6) is 2.77. The molecule has 15 heavy (non-hydrogen) atoms. The van der Waals surface area contributed by atoms with Gasteiger partial charge in [0, 0.05) is 18.3 Å². The Hall–Kier alpha value is -0.790. The molecule has 2 rings (SSSR count). The molecule has 1 aromatic rings. The van der Waals surface area contributed by atoms with E-state index in [0.29, 0.717) is 11.3 Å². The first-order valence-electron chi connectivity index (χ1n) is 6.06. The second-order valence-corrected chi connectivity index (χ2v) is 5.89. The van der Waals surface area contributed by atoms with Gasteiger partial charge >= 0.3 is 0 Å². The largest absolute Gasteiger partial charge is 0.348 e.